The Balaban J connectivity index is 1.87. The van der Waals surface area contributed by atoms with Crippen molar-refractivity contribution in [3.05, 3.63) is 66.2 Å². The van der Waals surface area contributed by atoms with Crippen LogP contribution in [0.15, 0.2) is 60.7 Å². The Morgan fingerprint density at radius 2 is 1.77 bits per heavy atom. The number of carbonyl (C=O) groups excluding carboxylic acids is 1. The maximum absolute atomic E-state index is 12.3. The van der Waals surface area contributed by atoms with E-state index in [9.17, 15) is 4.79 Å². The molecule has 3 rings (SSSR count). The summed E-state index contributed by atoms with van der Waals surface area (Å²) in [5, 5.41) is 1.68. The van der Waals surface area contributed by atoms with Crippen LogP contribution in [-0.4, -0.2) is 18.6 Å². The molecule has 2 aromatic carbocycles. The second-order valence-electron chi connectivity index (χ2n) is 5.17. The molecule has 4 heteroatoms. The molecule has 0 saturated carbocycles. The zero-order chi connectivity index (χ0) is 15.4. The molecule has 0 unspecified atom stereocenters. The molecule has 1 fully saturated rings. The molecule has 0 aliphatic carbocycles. The molecule has 0 spiro atoms. The normalized spacial score (nSPS) is 20.9. The van der Waals surface area contributed by atoms with Crippen molar-refractivity contribution >= 4 is 11.7 Å². The van der Waals surface area contributed by atoms with Crippen molar-refractivity contribution in [3.8, 4) is 0 Å². The summed E-state index contributed by atoms with van der Waals surface area (Å²) in [5.74, 6) is -0.246. The lowest BCUT2D eigenvalue weighted by Crippen LogP contribution is -2.36. The van der Waals surface area contributed by atoms with E-state index in [-0.39, 0.29) is 12.1 Å². The number of hydrogen-bond acceptors (Lipinski definition) is 4. The van der Waals surface area contributed by atoms with Crippen molar-refractivity contribution < 1.29 is 14.4 Å². The molecule has 0 radical (unpaired) electrons. The molecule has 0 amide bonds. The number of hydrogen-bond donors (Lipinski definition) is 0. The number of ether oxygens (including phenoxy) is 1. The zero-order valence-corrected chi connectivity index (χ0v) is 12.5. The third-order valence-corrected chi connectivity index (χ3v) is 3.70. The van der Waals surface area contributed by atoms with Crippen LogP contribution >= 0.6 is 0 Å². The minimum atomic E-state index is -0.424. The van der Waals surface area contributed by atoms with Crippen molar-refractivity contribution in [3.63, 3.8) is 0 Å². The van der Waals surface area contributed by atoms with E-state index < -0.39 is 6.04 Å². The Morgan fingerprint density at radius 1 is 1.14 bits per heavy atom. The van der Waals surface area contributed by atoms with Gasteiger partial charge in [-0.1, -0.05) is 48.5 Å². The van der Waals surface area contributed by atoms with Crippen LogP contribution in [0.3, 0.4) is 0 Å². The molecule has 0 N–H and O–H groups in total. The molecule has 0 aromatic heterocycles. The molecule has 114 valence electrons. The molecule has 22 heavy (non-hydrogen) atoms. The summed E-state index contributed by atoms with van der Waals surface area (Å²) >= 11 is 0. The highest BCUT2D eigenvalue weighted by atomic mass is 16.7. The van der Waals surface area contributed by atoms with Crippen LogP contribution in [0.4, 0.5) is 5.69 Å². The Bertz CT molecular complexity index is 615. The average Bonchev–Trinajstić information content (AvgIpc) is 3.02. The smallest absolute Gasteiger partial charge is 0.331 e. The molecule has 4 nitrogen and oxygen atoms in total. The minimum absolute atomic E-state index is 0.143. The quantitative estimate of drug-likeness (QED) is 0.810. The van der Waals surface area contributed by atoms with Gasteiger partial charge >= 0.3 is 5.97 Å². The zero-order valence-electron chi connectivity index (χ0n) is 12.5. The van der Waals surface area contributed by atoms with Crippen molar-refractivity contribution in [2.24, 2.45) is 0 Å². The van der Waals surface area contributed by atoms with Gasteiger partial charge in [0.1, 0.15) is 6.10 Å². The molecule has 1 heterocycles. The van der Waals surface area contributed by atoms with Gasteiger partial charge in [0.2, 0.25) is 0 Å². The van der Waals surface area contributed by atoms with Gasteiger partial charge in [-0.05, 0) is 24.6 Å². The third-order valence-electron chi connectivity index (χ3n) is 3.70. The number of hydroxylamine groups is 1. The third kappa shape index (κ3) is 2.97. The van der Waals surface area contributed by atoms with E-state index >= 15 is 0 Å². The summed E-state index contributed by atoms with van der Waals surface area (Å²) in [7, 11) is 0. The number of rotatable bonds is 4. The topological polar surface area (TPSA) is 38.8 Å². The highest BCUT2D eigenvalue weighted by Crippen LogP contribution is 2.36. The fourth-order valence-electron chi connectivity index (χ4n) is 2.66. The standard InChI is InChI=1S/C18H19NO3/c1-2-21-18(20)16-13-17(14-9-5-3-6-10-14)22-19(16)15-11-7-4-8-12-15/h3-12,16-17H,2,13H2,1H3/t16-,17+/m1/s1. The van der Waals surface area contributed by atoms with E-state index in [0.29, 0.717) is 13.0 Å². The van der Waals surface area contributed by atoms with Crippen LogP contribution in [-0.2, 0) is 14.4 Å². The predicted molar refractivity (Wildman–Crippen MR) is 84.2 cm³/mol. The fourth-order valence-corrected chi connectivity index (χ4v) is 2.66. The van der Waals surface area contributed by atoms with Gasteiger partial charge in [-0.25, -0.2) is 9.86 Å². The highest BCUT2D eigenvalue weighted by Gasteiger charge is 2.40. The number of para-hydroxylation sites is 1. The van der Waals surface area contributed by atoms with Crippen molar-refractivity contribution in [2.45, 2.75) is 25.5 Å². The van der Waals surface area contributed by atoms with E-state index in [1.54, 1.807) is 5.06 Å². The van der Waals surface area contributed by atoms with Gasteiger partial charge in [-0.15, -0.1) is 0 Å². The fraction of sp³-hybridized carbons (Fsp3) is 0.278. The van der Waals surface area contributed by atoms with Crippen LogP contribution in [0.25, 0.3) is 0 Å². The van der Waals surface area contributed by atoms with Crippen LogP contribution in [0.2, 0.25) is 0 Å². The maximum atomic E-state index is 12.3. The highest BCUT2D eigenvalue weighted by molar-refractivity contribution is 5.80. The first-order chi connectivity index (χ1) is 10.8. The summed E-state index contributed by atoms with van der Waals surface area (Å²) in [4.78, 5) is 18.3. The Kier molecular flexibility index (Phi) is 4.39. The van der Waals surface area contributed by atoms with Crippen molar-refractivity contribution in [1.82, 2.24) is 0 Å². The first-order valence-corrected chi connectivity index (χ1v) is 7.52. The van der Waals surface area contributed by atoms with Gasteiger partial charge in [0.15, 0.2) is 6.04 Å². The lowest BCUT2D eigenvalue weighted by atomic mass is 10.0. The van der Waals surface area contributed by atoms with E-state index in [1.807, 2.05) is 67.6 Å². The van der Waals surface area contributed by atoms with E-state index in [1.165, 1.54) is 0 Å². The number of esters is 1. The maximum Gasteiger partial charge on any atom is 0.331 e. The molecular formula is C18H19NO3. The second-order valence-corrected chi connectivity index (χ2v) is 5.17. The van der Waals surface area contributed by atoms with Gasteiger partial charge in [-0.2, -0.15) is 0 Å². The summed E-state index contributed by atoms with van der Waals surface area (Å²) < 4.78 is 5.20. The Labute approximate surface area is 130 Å². The van der Waals surface area contributed by atoms with Crippen LogP contribution < -0.4 is 5.06 Å². The van der Waals surface area contributed by atoms with Gasteiger partial charge in [-0.3, -0.25) is 4.84 Å². The van der Waals surface area contributed by atoms with Gasteiger partial charge < -0.3 is 4.74 Å². The van der Waals surface area contributed by atoms with Crippen LogP contribution in [0.1, 0.15) is 25.0 Å². The summed E-state index contributed by atoms with van der Waals surface area (Å²) in [6.07, 6.45) is 0.438. The molecule has 2 atom stereocenters. The van der Waals surface area contributed by atoms with Crippen LogP contribution in [0, 0.1) is 0 Å². The second kappa shape index (κ2) is 6.62. The SMILES string of the molecule is CCOC(=O)[C@H]1C[C@@H](c2ccccc2)ON1c1ccccc1. The van der Waals surface area contributed by atoms with Gasteiger partial charge in [0.25, 0.3) is 0 Å². The average molecular weight is 297 g/mol. The van der Waals surface area contributed by atoms with E-state index in [2.05, 4.69) is 0 Å². The van der Waals surface area contributed by atoms with Gasteiger partial charge in [0, 0.05) is 6.42 Å². The molecule has 0 bridgehead atoms. The van der Waals surface area contributed by atoms with Crippen LogP contribution in [0.5, 0.6) is 0 Å². The summed E-state index contributed by atoms with van der Waals surface area (Å²) in [6, 6.07) is 19.2. The van der Waals surface area contributed by atoms with E-state index in [0.717, 1.165) is 11.3 Å². The molecule has 1 aliphatic rings. The first kappa shape index (κ1) is 14.6. The Morgan fingerprint density at radius 3 is 2.41 bits per heavy atom. The first-order valence-electron chi connectivity index (χ1n) is 7.52. The Hall–Kier alpha value is -2.33. The largest absolute Gasteiger partial charge is 0.464 e. The summed E-state index contributed by atoms with van der Waals surface area (Å²) in [6.45, 7) is 2.18. The lowest BCUT2D eigenvalue weighted by molar-refractivity contribution is -0.145. The minimum Gasteiger partial charge on any atom is -0.464 e. The van der Waals surface area contributed by atoms with Crippen molar-refractivity contribution in [1.29, 1.82) is 0 Å². The number of carbonyl (C=O) groups is 1. The van der Waals surface area contributed by atoms with Crippen molar-refractivity contribution in [2.75, 3.05) is 11.7 Å². The van der Waals surface area contributed by atoms with E-state index in [4.69, 9.17) is 9.57 Å². The number of benzene rings is 2. The lowest BCUT2D eigenvalue weighted by Gasteiger charge is -2.23. The number of anilines is 1. The summed E-state index contributed by atoms with van der Waals surface area (Å²) in [5.41, 5.74) is 1.93. The predicted octanol–water partition coefficient (Wildman–Crippen LogP) is 3.50. The van der Waals surface area contributed by atoms with Gasteiger partial charge in [0.05, 0.1) is 12.3 Å². The number of nitrogens with zero attached hydrogens (tertiary/aromatic N) is 1. The molecular weight excluding hydrogens is 278 g/mol. The molecule has 1 aliphatic heterocycles. The molecule has 2 aromatic rings. The molecule has 1 saturated heterocycles. The monoisotopic (exact) mass is 297 g/mol.